The van der Waals surface area contributed by atoms with Crippen molar-refractivity contribution in [1.29, 1.82) is 0 Å². The molecular weight excluding hydrogens is 582 g/mol. The van der Waals surface area contributed by atoms with Crippen molar-refractivity contribution < 1.29 is 65.6 Å². The molecule has 232 valence electrons. The summed E-state index contributed by atoms with van der Waals surface area (Å²) in [6, 6.07) is 5.18. The second-order valence-corrected chi connectivity index (χ2v) is 11.4. The van der Waals surface area contributed by atoms with Crippen LogP contribution in [0.3, 0.4) is 0 Å². The van der Waals surface area contributed by atoms with Gasteiger partial charge in [-0.1, -0.05) is 18.2 Å². The molecule has 16 heteroatoms. The number of ether oxygens (including phenoxy) is 6. The van der Waals surface area contributed by atoms with E-state index >= 15 is 0 Å². The number of rotatable bonds is 11. The first-order valence-corrected chi connectivity index (χ1v) is 14.0. The number of sulfone groups is 1. The normalized spacial score (nSPS) is 23.3. The van der Waals surface area contributed by atoms with Crippen LogP contribution in [0.4, 0.5) is 0 Å². The summed E-state index contributed by atoms with van der Waals surface area (Å²) in [5.74, 6) is -5.80. The van der Waals surface area contributed by atoms with Crippen LogP contribution in [0.2, 0.25) is 0 Å². The number of nitrogens with one attached hydrogen (secondary N) is 1. The third-order valence-corrected chi connectivity index (χ3v) is 8.17. The maximum atomic E-state index is 14.1. The molecule has 1 aromatic rings. The minimum Gasteiger partial charge on any atom is -0.466 e. The smallest absolute Gasteiger partial charge is 0.354 e. The van der Waals surface area contributed by atoms with Crippen molar-refractivity contribution in [1.82, 2.24) is 5.32 Å². The Bertz CT molecular complexity index is 1300. The van der Waals surface area contributed by atoms with Gasteiger partial charge < -0.3 is 33.7 Å². The van der Waals surface area contributed by atoms with Gasteiger partial charge in [0.1, 0.15) is 18.8 Å². The lowest BCUT2D eigenvalue weighted by molar-refractivity contribution is -0.225. The predicted octanol–water partition coefficient (Wildman–Crippen LogP) is -0.0186. The molecule has 1 saturated heterocycles. The van der Waals surface area contributed by atoms with Gasteiger partial charge in [-0.05, 0) is 12.1 Å². The molecule has 1 fully saturated rings. The zero-order chi connectivity index (χ0) is 31.8. The molecule has 15 nitrogen and oxygen atoms in total. The van der Waals surface area contributed by atoms with Crippen LogP contribution >= 0.6 is 0 Å². The van der Waals surface area contributed by atoms with Gasteiger partial charge in [-0.3, -0.25) is 24.0 Å². The van der Waals surface area contributed by atoms with Gasteiger partial charge in [0, 0.05) is 41.0 Å². The second kappa shape index (κ2) is 14.2. The summed E-state index contributed by atoms with van der Waals surface area (Å²) in [5, 5.41) is 2.47. The molecule has 1 heterocycles. The van der Waals surface area contributed by atoms with Gasteiger partial charge in [0.15, 0.2) is 12.2 Å². The zero-order valence-corrected chi connectivity index (χ0v) is 24.6. The summed E-state index contributed by atoms with van der Waals surface area (Å²) in [6.45, 7) is 4.40. The lowest BCUT2D eigenvalue weighted by Gasteiger charge is -2.48. The first kappa shape index (κ1) is 34.2. The Morgan fingerprint density at radius 2 is 1.52 bits per heavy atom. The Morgan fingerprint density at radius 1 is 0.929 bits per heavy atom. The molecule has 1 amide bonds. The molecular formula is C26H33NO14S. The lowest BCUT2D eigenvalue weighted by Crippen LogP contribution is -2.70. The Balaban J connectivity index is 2.92. The molecule has 42 heavy (non-hydrogen) atoms. The van der Waals surface area contributed by atoms with Gasteiger partial charge in [0.05, 0.1) is 18.0 Å². The largest absolute Gasteiger partial charge is 0.466 e. The standard InChI is InChI=1S/C26H33NO14S/c1-14(28)27-22-20(38-16(3)30)12-26(25(33)36-6,42(34,35)19-10-8-7-9-11-19)41-24(22)23(40-18(5)32)21(39-17(4)31)13-37-15(2)29/h7-11,20-24H,12-13H2,1-6H3,(H,27,28)/t20-,21+,22+,23-,24+,26-/m0/s1. The van der Waals surface area contributed by atoms with Crippen molar-refractivity contribution >= 4 is 45.6 Å². The summed E-state index contributed by atoms with van der Waals surface area (Å²) in [5.41, 5.74) is 0. The van der Waals surface area contributed by atoms with Gasteiger partial charge in [-0.25, -0.2) is 13.2 Å². The van der Waals surface area contributed by atoms with E-state index in [0.29, 0.717) is 0 Å². The maximum absolute atomic E-state index is 14.1. The summed E-state index contributed by atoms with van der Waals surface area (Å²) in [6.07, 6.45) is -7.84. The van der Waals surface area contributed by atoms with Gasteiger partial charge in [-0.2, -0.15) is 0 Å². The third kappa shape index (κ3) is 8.03. The maximum Gasteiger partial charge on any atom is 0.354 e. The molecule has 0 spiro atoms. The minimum atomic E-state index is -4.86. The number of benzene rings is 1. The molecule has 0 radical (unpaired) electrons. The summed E-state index contributed by atoms with van der Waals surface area (Å²) in [7, 11) is -3.96. The fraction of sp³-hybridized carbons (Fsp3) is 0.538. The number of carbonyl (C=O) groups excluding carboxylic acids is 6. The first-order valence-electron chi connectivity index (χ1n) is 12.5. The molecule has 1 aromatic carbocycles. The van der Waals surface area contributed by atoms with Crippen LogP contribution in [0.25, 0.3) is 0 Å². The van der Waals surface area contributed by atoms with E-state index in [1.54, 1.807) is 0 Å². The molecule has 1 aliphatic rings. The second-order valence-electron chi connectivity index (χ2n) is 9.25. The summed E-state index contributed by atoms with van der Waals surface area (Å²) < 4.78 is 60.1. The molecule has 0 unspecified atom stereocenters. The topological polar surface area (TPSA) is 204 Å². The van der Waals surface area contributed by atoms with Crippen molar-refractivity contribution in [3.05, 3.63) is 30.3 Å². The number of hydrogen-bond acceptors (Lipinski definition) is 14. The van der Waals surface area contributed by atoms with E-state index in [1.165, 1.54) is 30.3 Å². The van der Waals surface area contributed by atoms with Crippen molar-refractivity contribution in [2.45, 2.75) is 81.3 Å². The lowest BCUT2D eigenvalue weighted by atomic mass is 9.89. The number of carbonyl (C=O) groups is 6. The summed E-state index contributed by atoms with van der Waals surface area (Å²) >= 11 is 0. The van der Waals surface area contributed by atoms with Crippen molar-refractivity contribution in [3.63, 3.8) is 0 Å². The monoisotopic (exact) mass is 615 g/mol. The molecule has 0 aromatic heterocycles. The van der Waals surface area contributed by atoms with Gasteiger partial charge >= 0.3 is 29.8 Å². The van der Waals surface area contributed by atoms with Gasteiger partial charge in [0.2, 0.25) is 15.7 Å². The van der Waals surface area contributed by atoms with Crippen LogP contribution in [0, 0.1) is 0 Å². The van der Waals surface area contributed by atoms with Gasteiger partial charge in [0.25, 0.3) is 4.93 Å². The highest BCUT2D eigenvalue weighted by Crippen LogP contribution is 2.42. The predicted molar refractivity (Wildman–Crippen MR) is 139 cm³/mol. The van der Waals surface area contributed by atoms with Crippen molar-refractivity contribution in [2.24, 2.45) is 0 Å². The van der Waals surface area contributed by atoms with Crippen LogP contribution in [0.1, 0.15) is 41.0 Å². The van der Waals surface area contributed by atoms with Crippen LogP contribution in [0.5, 0.6) is 0 Å². The average molecular weight is 616 g/mol. The quantitative estimate of drug-likeness (QED) is 0.257. The van der Waals surface area contributed by atoms with E-state index in [9.17, 15) is 37.2 Å². The number of amides is 1. The van der Waals surface area contributed by atoms with Crippen LogP contribution in [-0.2, 0) is 67.0 Å². The molecule has 1 N–H and O–H groups in total. The molecule has 0 saturated carbocycles. The number of methoxy groups -OCH3 is 1. The fourth-order valence-corrected chi connectivity index (χ4v) is 6.29. The van der Waals surface area contributed by atoms with E-state index in [-0.39, 0.29) is 4.90 Å². The van der Waals surface area contributed by atoms with Crippen molar-refractivity contribution in [3.8, 4) is 0 Å². The van der Waals surface area contributed by atoms with E-state index in [1.807, 2.05) is 0 Å². The highest BCUT2D eigenvalue weighted by Gasteiger charge is 2.64. The van der Waals surface area contributed by atoms with E-state index in [0.717, 1.165) is 41.7 Å². The Hall–Kier alpha value is -4.05. The van der Waals surface area contributed by atoms with E-state index in [4.69, 9.17) is 28.4 Å². The molecule has 0 aliphatic carbocycles. The Morgan fingerprint density at radius 3 is 2.00 bits per heavy atom. The highest BCUT2D eigenvalue weighted by molar-refractivity contribution is 7.93. The van der Waals surface area contributed by atoms with Crippen LogP contribution in [-0.4, -0.2) is 93.3 Å². The van der Waals surface area contributed by atoms with Crippen LogP contribution in [0.15, 0.2) is 35.2 Å². The zero-order valence-electron chi connectivity index (χ0n) is 23.8. The Labute approximate surface area is 242 Å². The minimum absolute atomic E-state index is 0.380. The van der Waals surface area contributed by atoms with Crippen LogP contribution < -0.4 is 5.32 Å². The number of hydrogen-bond donors (Lipinski definition) is 1. The highest BCUT2D eigenvalue weighted by atomic mass is 32.2. The number of esters is 5. The molecule has 1 aliphatic heterocycles. The van der Waals surface area contributed by atoms with E-state index < -0.39 is 94.0 Å². The first-order chi connectivity index (χ1) is 19.5. The molecule has 6 atom stereocenters. The summed E-state index contributed by atoms with van der Waals surface area (Å²) in [4.78, 5) is 70.4. The third-order valence-electron chi connectivity index (χ3n) is 5.98. The van der Waals surface area contributed by atoms with Crippen molar-refractivity contribution in [2.75, 3.05) is 13.7 Å². The average Bonchev–Trinajstić information content (AvgIpc) is 2.89. The van der Waals surface area contributed by atoms with E-state index in [2.05, 4.69) is 5.32 Å². The molecule has 2 rings (SSSR count). The Kier molecular flexibility index (Phi) is 11.6. The molecule has 0 bridgehead atoms. The fourth-order valence-electron chi connectivity index (χ4n) is 4.47. The van der Waals surface area contributed by atoms with Gasteiger partial charge in [-0.15, -0.1) is 0 Å². The SMILES string of the molecule is COC(=O)[C@@]1(S(=O)(=O)c2ccccc2)C[C@H](OC(C)=O)[C@@H](NC(C)=O)[C@H]([C@@H](OC(C)=O)[C@@H](COC(C)=O)OC(C)=O)O1.